The zero-order valence-corrected chi connectivity index (χ0v) is 21.4. The summed E-state index contributed by atoms with van der Waals surface area (Å²) >= 11 is 0. The minimum absolute atomic E-state index is 0.0910. The maximum absolute atomic E-state index is 13.7. The van der Waals surface area contributed by atoms with Crippen molar-refractivity contribution in [3.8, 4) is 0 Å². The van der Waals surface area contributed by atoms with E-state index in [1.54, 1.807) is 11.8 Å². The summed E-state index contributed by atoms with van der Waals surface area (Å²) in [5.74, 6) is -3.15. The fourth-order valence-electron chi connectivity index (χ4n) is 6.05. The third-order valence-electron chi connectivity index (χ3n) is 8.48. The molecule has 1 amide bonds. The van der Waals surface area contributed by atoms with Crippen LogP contribution in [0.1, 0.15) is 55.2 Å². The number of halogens is 7. The number of aliphatic hydroxyl groups is 1. The molecule has 0 bridgehead atoms. The SMILES string of the molecule is C[C@]1(c2ccc(F)cc2)CN(C(=O)[C@H]2CC[C@@H](C(=O)O)CC2)C[C@H]1c1ccc(C(O)(C(F)(F)F)C(F)(F)F)cc1. The van der Waals surface area contributed by atoms with Gasteiger partial charge in [0, 0.05) is 35.9 Å². The summed E-state index contributed by atoms with van der Waals surface area (Å²) in [5.41, 5.74) is -6.37. The third-order valence-corrected chi connectivity index (χ3v) is 8.48. The van der Waals surface area contributed by atoms with Crippen molar-refractivity contribution in [2.75, 3.05) is 13.1 Å². The van der Waals surface area contributed by atoms with Gasteiger partial charge in [-0.15, -0.1) is 0 Å². The molecule has 2 aromatic rings. The molecule has 2 N–H and O–H groups in total. The summed E-state index contributed by atoms with van der Waals surface area (Å²) in [7, 11) is 0. The third kappa shape index (κ3) is 5.17. The van der Waals surface area contributed by atoms with Gasteiger partial charge in [-0.2, -0.15) is 26.3 Å². The van der Waals surface area contributed by atoms with Crippen molar-refractivity contribution in [3.63, 3.8) is 0 Å². The van der Waals surface area contributed by atoms with Crippen molar-refractivity contribution in [1.82, 2.24) is 4.90 Å². The molecule has 1 aliphatic heterocycles. The first kappa shape index (κ1) is 29.8. The van der Waals surface area contributed by atoms with E-state index in [4.69, 9.17) is 0 Å². The highest BCUT2D eigenvalue weighted by Gasteiger charge is 2.71. The molecule has 1 saturated carbocycles. The van der Waals surface area contributed by atoms with Crippen LogP contribution in [-0.4, -0.2) is 52.4 Å². The van der Waals surface area contributed by atoms with E-state index in [0.717, 1.165) is 12.1 Å². The van der Waals surface area contributed by atoms with E-state index in [9.17, 15) is 50.5 Å². The molecule has 0 spiro atoms. The zero-order valence-electron chi connectivity index (χ0n) is 21.4. The predicted octanol–water partition coefficient (Wildman–Crippen LogP) is 5.91. The smallest absolute Gasteiger partial charge is 0.430 e. The number of hydrogen-bond donors (Lipinski definition) is 2. The topological polar surface area (TPSA) is 77.8 Å². The van der Waals surface area contributed by atoms with Gasteiger partial charge in [0.05, 0.1) is 5.92 Å². The predicted molar refractivity (Wildman–Crippen MR) is 129 cm³/mol. The molecular weight excluding hydrogens is 547 g/mol. The number of carboxylic acid groups (broad SMARTS) is 1. The van der Waals surface area contributed by atoms with E-state index in [-0.39, 0.29) is 19.0 Å². The van der Waals surface area contributed by atoms with Crippen LogP contribution in [0.5, 0.6) is 0 Å². The van der Waals surface area contributed by atoms with E-state index in [1.807, 2.05) is 0 Å². The lowest BCUT2D eigenvalue weighted by Gasteiger charge is -2.34. The molecule has 12 heteroatoms. The van der Waals surface area contributed by atoms with Crippen LogP contribution in [0.2, 0.25) is 0 Å². The van der Waals surface area contributed by atoms with Gasteiger partial charge in [-0.3, -0.25) is 9.59 Å². The maximum Gasteiger partial charge on any atom is 0.430 e. The minimum Gasteiger partial charge on any atom is -0.481 e. The molecule has 0 unspecified atom stereocenters. The Morgan fingerprint density at radius 1 is 0.850 bits per heavy atom. The zero-order chi connectivity index (χ0) is 29.7. The summed E-state index contributed by atoms with van der Waals surface area (Å²) < 4.78 is 93.9. The van der Waals surface area contributed by atoms with Crippen LogP contribution in [0.3, 0.4) is 0 Å². The Bertz CT molecular complexity index is 1220. The first-order valence-corrected chi connectivity index (χ1v) is 12.7. The van der Waals surface area contributed by atoms with Crippen molar-refractivity contribution >= 4 is 11.9 Å². The highest BCUT2D eigenvalue weighted by atomic mass is 19.4. The molecule has 4 rings (SSSR count). The Hall–Kier alpha value is -3.15. The van der Waals surface area contributed by atoms with E-state index < -0.39 is 58.5 Å². The van der Waals surface area contributed by atoms with Gasteiger partial charge >= 0.3 is 18.3 Å². The van der Waals surface area contributed by atoms with Crippen LogP contribution in [0.25, 0.3) is 0 Å². The molecule has 1 aliphatic carbocycles. The number of hydrogen-bond acceptors (Lipinski definition) is 3. The fraction of sp³-hybridized carbons (Fsp3) is 0.500. The van der Waals surface area contributed by atoms with Crippen molar-refractivity contribution in [3.05, 3.63) is 71.0 Å². The molecular formula is C28H28F7NO4. The van der Waals surface area contributed by atoms with Gasteiger partial charge in [0.2, 0.25) is 5.91 Å². The van der Waals surface area contributed by atoms with Gasteiger partial charge in [0.25, 0.3) is 5.60 Å². The lowest BCUT2D eigenvalue weighted by molar-refractivity contribution is -0.376. The quantitative estimate of drug-likeness (QED) is 0.435. The summed E-state index contributed by atoms with van der Waals surface area (Å²) in [6.07, 6.45) is -10.6. The number of carboxylic acids is 1. The summed E-state index contributed by atoms with van der Waals surface area (Å²) in [5, 5.41) is 19.0. The molecule has 0 aromatic heterocycles. The Morgan fingerprint density at radius 2 is 1.35 bits per heavy atom. The Kier molecular flexibility index (Phi) is 7.72. The standard InChI is InChI=1S/C28H28F7NO4/c1-25(19-10-12-21(29)13-11-19)15-36(23(37)17-2-4-18(5-3-17)24(38)39)14-22(25)16-6-8-20(9-7-16)26(40,27(30,31)32)28(33,34)35/h6-13,17-18,22,40H,2-5,14-15H2,1H3,(H,38,39)/t17-,18+,22-,25+/m0/s1. The minimum atomic E-state index is -6.02. The van der Waals surface area contributed by atoms with Crippen LogP contribution < -0.4 is 0 Å². The average Bonchev–Trinajstić information content (AvgIpc) is 3.25. The number of aliphatic carboxylic acids is 1. The molecule has 0 radical (unpaired) electrons. The largest absolute Gasteiger partial charge is 0.481 e. The van der Waals surface area contributed by atoms with Gasteiger partial charge < -0.3 is 15.1 Å². The summed E-state index contributed by atoms with van der Waals surface area (Å²) in [6.45, 7) is 2.03. The van der Waals surface area contributed by atoms with Crippen LogP contribution in [0.15, 0.2) is 48.5 Å². The molecule has 2 fully saturated rings. The maximum atomic E-state index is 13.7. The normalized spacial score (nSPS) is 26.1. The number of nitrogens with zero attached hydrogens (tertiary/aromatic N) is 1. The number of alkyl halides is 6. The lowest BCUT2D eigenvalue weighted by atomic mass is 9.71. The number of rotatable bonds is 5. The number of carbonyl (C=O) groups excluding carboxylic acids is 1. The Balaban J connectivity index is 1.67. The second kappa shape index (κ2) is 10.4. The van der Waals surface area contributed by atoms with Gasteiger partial charge in [-0.1, -0.05) is 43.3 Å². The van der Waals surface area contributed by atoms with Crippen molar-refractivity contribution < 1.29 is 50.5 Å². The van der Waals surface area contributed by atoms with Gasteiger partial charge in [0.1, 0.15) is 5.82 Å². The van der Waals surface area contributed by atoms with E-state index in [0.29, 0.717) is 48.9 Å². The highest BCUT2D eigenvalue weighted by Crippen LogP contribution is 2.51. The average molecular weight is 576 g/mol. The van der Waals surface area contributed by atoms with Gasteiger partial charge in [-0.25, -0.2) is 4.39 Å². The summed E-state index contributed by atoms with van der Waals surface area (Å²) in [6, 6.07) is 8.82. The van der Waals surface area contributed by atoms with Crippen LogP contribution >= 0.6 is 0 Å². The molecule has 2 atom stereocenters. The highest BCUT2D eigenvalue weighted by molar-refractivity contribution is 5.80. The van der Waals surface area contributed by atoms with Gasteiger partial charge in [0.15, 0.2) is 0 Å². The van der Waals surface area contributed by atoms with Crippen LogP contribution in [0.4, 0.5) is 30.7 Å². The first-order valence-electron chi connectivity index (χ1n) is 12.7. The number of carbonyl (C=O) groups is 2. The monoisotopic (exact) mass is 575 g/mol. The molecule has 5 nitrogen and oxygen atoms in total. The summed E-state index contributed by atoms with van der Waals surface area (Å²) in [4.78, 5) is 26.3. The van der Waals surface area contributed by atoms with E-state index in [1.165, 1.54) is 24.3 Å². The second-order valence-electron chi connectivity index (χ2n) is 10.9. The molecule has 2 aromatic carbocycles. The Morgan fingerprint density at radius 3 is 1.82 bits per heavy atom. The number of benzene rings is 2. The fourth-order valence-corrected chi connectivity index (χ4v) is 6.05. The lowest BCUT2D eigenvalue weighted by Crippen LogP contribution is -2.53. The number of likely N-dealkylation sites (tertiary alicyclic amines) is 1. The van der Waals surface area contributed by atoms with Crippen molar-refractivity contribution in [1.29, 1.82) is 0 Å². The second-order valence-corrected chi connectivity index (χ2v) is 10.9. The molecule has 1 saturated heterocycles. The van der Waals surface area contributed by atoms with Gasteiger partial charge in [-0.05, 0) is 48.9 Å². The first-order chi connectivity index (χ1) is 18.5. The van der Waals surface area contributed by atoms with Crippen molar-refractivity contribution in [2.24, 2.45) is 11.8 Å². The Labute approximate surface area is 225 Å². The molecule has 1 heterocycles. The molecule has 2 aliphatic rings. The molecule has 40 heavy (non-hydrogen) atoms. The van der Waals surface area contributed by atoms with Crippen molar-refractivity contribution in [2.45, 2.75) is 61.9 Å². The van der Waals surface area contributed by atoms with Crippen LogP contribution in [-0.2, 0) is 20.6 Å². The number of amides is 1. The molecule has 218 valence electrons. The van der Waals surface area contributed by atoms with E-state index in [2.05, 4.69) is 0 Å². The van der Waals surface area contributed by atoms with E-state index >= 15 is 0 Å². The van der Waals surface area contributed by atoms with Crippen LogP contribution in [0, 0.1) is 17.7 Å².